The highest BCUT2D eigenvalue weighted by atomic mass is 35.5. The van der Waals surface area contributed by atoms with Crippen LogP contribution in [0.5, 0.6) is 0 Å². The van der Waals surface area contributed by atoms with Crippen LogP contribution in [0, 0.1) is 0 Å². The van der Waals surface area contributed by atoms with Gasteiger partial charge in [0.1, 0.15) is 11.0 Å². The Balaban J connectivity index is 1.55. The summed E-state index contributed by atoms with van der Waals surface area (Å²) in [4.78, 5) is 23.4. The van der Waals surface area contributed by atoms with E-state index in [9.17, 15) is 4.79 Å². The van der Waals surface area contributed by atoms with Crippen molar-refractivity contribution in [3.63, 3.8) is 0 Å². The first-order chi connectivity index (χ1) is 12.6. The Morgan fingerprint density at radius 3 is 2.50 bits per heavy atom. The van der Waals surface area contributed by atoms with Gasteiger partial charge >= 0.3 is 0 Å². The number of aromatic nitrogens is 2. The fourth-order valence-electron chi connectivity index (χ4n) is 3.93. The Kier molecular flexibility index (Phi) is 7.43. The molecule has 0 aliphatic heterocycles. The van der Waals surface area contributed by atoms with E-state index in [1.54, 1.807) is 0 Å². The third-order valence-corrected chi connectivity index (χ3v) is 6.49. The SMILES string of the molecule is CN(c1cc(Cl)nc(SCC(=O)NC2CCCCC2)n1)C1CCCCC1. The van der Waals surface area contributed by atoms with Crippen LogP contribution in [-0.4, -0.2) is 40.8 Å². The van der Waals surface area contributed by atoms with E-state index in [0.717, 1.165) is 18.7 Å². The molecule has 1 aromatic rings. The van der Waals surface area contributed by atoms with Crippen LogP contribution in [0.25, 0.3) is 0 Å². The molecule has 1 heterocycles. The van der Waals surface area contributed by atoms with E-state index >= 15 is 0 Å². The van der Waals surface area contributed by atoms with Crippen molar-refractivity contribution in [2.45, 2.75) is 81.4 Å². The first-order valence-electron chi connectivity index (χ1n) is 9.81. The standard InChI is InChI=1S/C19H29ClN4OS/c1-24(15-10-6-3-7-11-15)17-12-16(20)22-19(23-17)26-13-18(25)21-14-8-4-2-5-9-14/h12,14-15H,2-11,13H2,1H3,(H,21,25). The Hall–Kier alpha value is -1.01. The summed E-state index contributed by atoms with van der Waals surface area (Å²) in [6.45, 7) is 0. The summed E-state index contributed by atoms with van der Waals surface area (Å²) in [7, 11) is 2.08. The molecule has 1 aromatic heterocycles. The fourth-order valence-corrected chi connectivity index (χ4v) is 4.82. The third-order valence-electron chi connectivity index (χ3n) is 5.45. The van der Waals surface area contributed by atoms with Gasteiger partial charge in [0.15, 0.2) is 5.16 Å². The number of thioether (sulfide) groups is 1. The molecule has 2 fully saturated rings. The van der Waals surface area contributed by atoms with Crippen molar-refractivity contribution in [2.24, 2.45) is 0 Å². The molecule has 26 heavy (non-hydrogen) atoms. The molecule has 2 aliphatic rings. The topological polar surface area (TPSA) is 58.1 Å². The summed E-state index contributed by atoms with van der Waals surface area (Å²) in [6.07, 6.45) is 12.2. The lowest BCUT2D eigenvalue weighted by molar-refractivity contribution is -0.119. The Morgan fingerprint density at radius 1 is 1.15 bits per heavy atom. The quantitative estimate of drug-likeness (QED) is 0.437. The van der Waals surface area contributed by atoms with Crippen LogP contribution in [0.15, 0.2) is 11.2 Å². The predicted octanol–water partition coefficient (Wildman–Crippen LogP) is 4.44. The van der Waals surface area contributed by atoms with Crippen molar-refractivity contribution < 1.29 is 4.79 Å². The molecule has 0 atom stereocenters. The maximum atomic E-state index is 12.2. The number of nitrogens with one attached hydrogen (secondary N) is 1. The molecule has 0 unspecified atom stereocenters. The summed E-state index contributed by atoms with van der Waals surface area (Å²) in [5, 5.41) is 4.15. The molecule has 0 spiro atoms. The average molecular weight is 397 g/mol. The highest BCUT2D eigenvalue weighted by molar-refractivity contribution is 7.99. The van der Waals surface area contributed by atoms with E-state index in [0.29, 0.717) is 28.1 Å². The van der Waals surface area contributed by atoms with E-state index < -0.39 is 0 Å². The highest BCUT2D eigenvalue weighted by Crippen LogP contribution is 2.28. The molecule has 0 saturated heterocycles. The summed E-state index contributed by atoms with van der Waals surface area (Å²) in [5.74, 6) is 1.25. The van der Waals surface area contributed by atoms with Crippen molar-refractivity contribution in [3.05, 3.63) is 11.2 Å². The van der Waals surface area contributed by atoms with Crippen molar-refractivity contribution in [1.82, 2.24) is 15.3 Å². The second-order valence-electron chi connectivity index (χ2n) is 7.43. The summed E-state index contributed by atoms with van der Waals surface area (Å²) in [6, 6.07) is 2.68. The molecule has 2 saturated carbocycles. The zero-order valence-electron chi connectivity index (χ0n) is 15.5. The summed E-state index contributed by atoms with van der Waals surface area (Å²) in [5.41, 5.74) is 0. The van der Waals surface area contributed by atoms with Gasteiger partial charge in [0.2, 0.25) is 5.91 Å². The van der Waals surface area contributed by atoms with Crippen LogP contribution >= 0.6 is 23.4 Å². The minimum absolute atomic E-state index is 0.0626. The zero-order valence-corrected chi connectivity index (χ0v) is 17.1. The number of hydrogen-bond donors (Lipinski definition) is 1. The van der Waals surface area contributed by atoms with Crippen molar-refractivity contribution >= 4 is 35.1 Å². The van der Waals surface area contributed by atoms with Gasteiger partial charge in [-0.2, -0.15) is 0 Å². The number of carbonyl (C=O) groups excluding carboxylic acids is 1. The Morgan fingerprint density at radius 2 is 1.81 bits per heavy atom. The number of amides is 1. The summed E-state index contributed by atoms with van der Waals surface area (Å²) < 4.78 is 0. The van der Waals surface area contributed by atoms with E-state index in [1.807, 2.05) is 6.07 Å². The maximum Gasteiger partial charge on any atom is 0.230 e. The van der Waals surface area contributed by atoms with Gasteiger partial charge in [-0.05, 0) is 25.7 Å². The van der Waals surface area contributed by atoms with Gasteiger partial charge in [-0.1, -0.05) is 61.9 Å². The zero-order chi connectivity index (χ0) is 18.4. The van der Waals surface area contributed by atoms with E-state index in [2.05, 4.69) is 27.2 Å². The number of hydrogen-bond acceptors (Lipinski definition) is 5. The Bertz CT molecular complexity index is 603. The van der Waals surface area contributed by atoms with Gasteiger partial charge in [-0.25, -0.2) is 9.97 Å². The van der Waals surface area contributed by atoms with Gasteiger partial charge in [-0.3, -0.25) is 4.79 Å². The van der Waals surface area contributed by atoms with Crippen LogP contribution in [-0.2, 0) is 4.79 Å². The van der Waals surface area contributed by atoms with E-state index in [-0.39, 0.29) is 5.91 Å². The molecule has 1 N–H and O–H groups in total. The van der Waals surface area contributed by atoms with Crippen molar-refractivity contribution in [1.29, 1.82) is 0 Å². The van der Waals surface area contributed by atoms with Crippen molar-refractivity contribution in [3.8, 4) is 0 Å². The molecule has 5 nitrogen and oxygen atoms in total. The molecular weight excluding hydrogens is 368 g/mol. The van der Waals surface area contributed by atoms with Crippen LogP contribution in [0.3, 0.4) is 0 Å². The van der Waals surface area contributed by atoms with E-state index in [4.69, 9.17) is 11.6 Å². The lowest BCUT2D eigenvalue weighted by Gasteiger charge is -2.32. The highest BCUT2D eigenvalue weighted by Gasteiger charge is 2.21. The normalized spacial score (nSPS) is 19.3. The molecule has 144 valence electrons. The van der Waals surface area contributed by atoms with Gasteiger partial charge in [0.25, 0.3) is 0 Å². The maximum absolute atomic E-state index is 12.2. The van der Waals surface area contributed by atoms with Crippen LogP contribution in [0.2, 0.25) is 5.15 Å². The minimum Gasteiger partial charge on any atom is -0.357 e. The second-order valence-corrected chi connectivity index (χ2v) is 8.76. The molecule has 7 heteroatoms. The fraction of sp³-hybridized carbons (Fsp3) is 0.737. The minimum atomic E-state index is 0.0626. The molecular formula is C19H29ClN4OS. The lowest BCUT2D eigenvalue weighted by atomic mass is 9.94. The van der Waals surface area contributed by atoms with Crippen LogP contribution in [0.1, 0.15) is 64.2 Å². The van der Waals surface area contributed by atoms with E-state index in [1.165, 1.54) is 63.1 Å². The van der Waals surface area contributed by atoms with Crippen LogP contribution < -0.4 is 10.2 Å². The number of anilines is 1. The smallest absolute Gasteiger partial charge is 0.230 e. The van der Waals surface area contributed by atoms with Crippen molar-refractivity contribution in [2.75, 3.05) is 17.7 Å². The monoisotopic (exact) mass is 396 g/mol. The van der Waals surface area contributed by atoms with Gasteiger partial charge in [0.05, 0.1) is 5.75 Å². The summed E-state index contributed by atoms with van der Waals surface area (Å²) >= 11 is 7.58. The second kappa shape index (κ2) is 9.79. The van der Waals surface area contributed by atoms with Gasteiger partial charge < -0.3 is 10.2 Å². The predicted molar refractivity (Wildman–Crippen MR) is 108 cm³/mol. The number of carbonyl (C=O) groups is 1. The Labute approximate surface area is 165 Å². The molecule has 2 aliphatic carbocycles. The number of rotatable bonds is 6. The molecule has 3 rings (SSSR count). The first kappa shape index (κ1) is 19.7. The number of nitrogens with zero attached hydrogens (tertiary/aromatic N) is 3. The van der Waals surface area contributed by atoms with Crippen LogP contribution in [0.4, 0.5) is 5.82 Å². The first-order valence-corrected chi connectivity index (χ1v) is 11.2. The van der Waals surface area contributed by atoms with Gasteiger partial charge in [-0.15, -0.1) is 0 Å². The van der Waals surface area contributed by atoms with Gasteiger partial charge in [0, 0.05) is 25.2 Å². The molecule has 0 bridgehead atoms. The molecule has 1 amide bonds. The number of halogens is 1. The largest absolute Gasteiger partial charge is 0.357 e. The lowest BCUT2D eigenvalue weighted by Crippen LogP contribution is -2.37. The average Bonchev–Trinajstić information content (AvgIpc) is 2.67. The molecule has 0 radical (unpaired) electrons. The molecule has 0 aromatic carbocycles. The third kappa shape index (κ3) is 5.74.